The van der Waals surface area contributed by atoms with Gasteiger partial charge in [0, 0.05) is 24.7 Å². The molecule has 1 rings (SSSR count). The van der Waals surface area contributed by atoms with E-state index in [4.69, 9.17) is 4.74 Å². The maximum Gasteiger partial charge on any atom is 0.408 e. The van der Waals surface area contributed by atoms with Gasteiger partial charge in [0.2, 0.25) is 0 Å². The number of aliphatic imine (C=N–C) groups is 1. The normalized spacial score (nSPS) is 12.2. The van der Waals surface area contributed by atoms with Crippen molar-refractivity contribution in [2.75, 3.05) is 13.6 Å². The highest BCUT2D eigenvalue weighted by molar-refractivity contribution is 14.0. The van der Waals surface area contributed by atoms with E-state index >= 15 is 0 Å². The van der Waals surface area contributed by atoms with E-state index in [1.54, 1.807) is 18.4 Å². The van der Waals surface area contributed by atoms with Crippen molar-refractivity contribution in [2.45, 2.75) is 65.6 Å². The van der Waals surface area contributed by atoms with Crippen LogP contribution >= 0.6 is 35.3 Å². The molecular formula is C17H32IN5O2S. The van der Waals surface area contributed by atoms with Gasteiger partial charge in [0.05, 0.1) is 12.1 Å². The Hall–Kier alpha value is -1.10. The van der Waals surface area contributed by atoms with Gasteiger partial charge in [-0.15, -0.1) is 35.3 Å². The third kappa shape index (κ3) is 10.1. The van der Waals surface area contributed by atoms with Gasteiger partial charge in [-0.3, -0.25) is 4.99 Å². The predicted molar refractivity (Wildman–Crippen MR) is 119 cm³/mol. The van der Waals surface area contributed by atoms with E-state index in [0.29, 0.717) is 19.0 Å². The molecule has 9 heteroatoms. The zero-order valence-electron chi connectivity index (χ0n) is 16.7. The molecule has 0 aliphatic carbocycles. The fourth-order valence-electron chi connectivity index (χ4n) is 1.90. The van der Waals surface area contributed by atoms with E-state index in [-0.39, 0.29) is 24.0 Å². The second-order valence-corrected chi connectivity index (χ2v) is 8.56. The smallest absolute Gasteiger partial charge is 0.408 e. The van der Waals surface area contributed by atoms with Crippen molar-refractivity contribution in [1.82, 2.24) is 20.9 Å². The van der Waals surface area contributed by atoms with Crippen LogP contribution < -0.4 is 16.0 Å². The quantitative estimate of drug-likeness (QED) is 0.319. The third-order valence-electron chi connectivity index (χ3n) is 3.12. The van der Waals surface area contributed by atoms with Gasteiger partial charge in [0.15, 0.2) is 5.96 Å². The Bertz CT molecular complexity index is 596. The van der Waals surface area contributed by atoms with Crippen molar-refractivity contribution >= 4 is 47.4 Å². The van der Waals surface area contributed by atoms with E-state index in [2.05, 4.69) is 32.9 Å². The van der Waals surface area contributed by atoms with Gasteiger partial charge in [0.25, 0.3) is 0 Å². The summed E-state index contributed by atoms with van der Waals surface area (Å²) in [6, 6.07) is 0. The first-order valence-corrected chi connectivity index (χ1v) is 9.25. The van der Waals surface area contributed by atoms with Crippen molar-refractivity contribution < 1.29 is 9.53 Å². The number of guanidine groups is 1. The van der Waals surface area contributed by atoms with E-state index in [0.717, 1.165) is 11.4 Å². The third-order valence-corrected chi connectivity index (χ3v) is 4.26. The number of amides is 1. The second-order valence-electron chi connectivity index (χ2n) is 7.36. The van der Waals surface area contributed by atoms with Crippen LogP contribution in [0.5, 0.6) is 0 Å². The molecule has 0 saturated heterocycles. The maximum atomic E-state index is 11.9. The van der Waals surface area contributed by atoms with Crippen LogP contribution in [-0.4, -0.2) is 41.8 Å². The average molecular weight is 497 g/mol. The molecule has 0 aliphatic heterocycles. The average Bonchev–Trinajstić information content (AvgIpc) is 2.92. The Labute approximate surface area is 177 Å². The molecule has 7 nitrogen and oxygen atoms in total. The van der Waals surface area contributed by atoms with E-state index < -0.39 is 17.2 Å². The summed E-state index contributed by atoms with van der Waals surface area (Å²) in [5, 5.41) is 10.3. The largest absolute Gasteiger partial charge is 0.444 e. The molecule has 0 unspecified atom stereocenters. The first-order valence-electron chi connectivity index (χ1n) is 8.44. The molecule has 1 aromatic heterocycles. The number of aromatic nitrogens is 1. The van der Waals surface area contributed by atoms with Crippen LogP contribution in [0.1, 0.15) is 51.4 Å². The van der Waals surface area contributed by atoms with Crippen molar-refractivity contribution in [2.24, 2.45) is 4.99 Å². The number of aryl methyl sites for hydroxylation is 1. The molecule has 1 amide bonds. The zero-order chi connectivity index (χ0) is 19.1. The Kier molecular flexibility index (Phi) is 10.4. The fraction of sp³-hybridized carbons (Fsp3) is 0.706. The molecule has 0 spiro atoms. The first-order chi connectivity index (χ1) is 11.5. The van der Waals surface area contributed by atoms with Crippen LogP contribution in [0.25, 0.3) is 0 Å². The van der Waals surface area contributed by atoms with Crippen LogP contribution in [0.3, 0.4) is 0 Å². The predicted octanol–water partition coefficient (Wildman–Crippen LogP) is 3.29. The minimum absolute atomic E-state index is 0. The number of hydrogen-bond acceptors (Lipinski definition) is 5. The number of halogens is 1. The van der Waals surface area contributed by atoms with Crippen molar-refractivity contribution in [3.63, 3.8) is 0 Å². The fourth-order valence-corrected chi connectivity index (χ4v) is 2.70. The van der Waals surface area contributed by atoms with Gasteiger partial charge in [-0.25, -0.2) is 9.78 Å². The van der Waals surface area contributed by atoms with Crippen LogP contribution in [0.4, 0.5) is 4.79 Å². The minimum Gasteiger partial charge on any atom is -0.444 e. The summed E-state index contributed by atoms with van der Waals surface area (Å²) in [6.07, 6.45) is 2.47. The first kappa shape index (κ1) is 24.9. The monoisotopic (exact) mass is 497 g/mol. The lowest BCUT2D eigenvalue weighted by Crippen LogP contribution is -2.54. The number of nitrogens with zero attached hydrogens (tertiary/aromatic N) is 2. The molecule has 0 fully saturated rings. The summed E-state index contributed by atoms with van der Waals surface area (Å²) in [7, 11) is 1.71. The van der Waals surface area contributed by atoms with Gasteiger partial charge in [-0.05, 0) is 41.0 Å². The van der Waals surface area contributed by atoms with Gasteiger partial charge in [-0.1, -0.05) is 6.92 Å². The molecule has 150 valence electrons. The summed E-state index contributed by atoms with van der Waals surface area (Å²) in [6.45, 7) is 12.6. The van der Waals surface area contributed by atoms with Gasteiger partial charge < -0.3 is 20.7 Å². The van der Waals surface area contributed by atoms with Crippen LogP contribution in [0.15, 0.2) is 11.2 Å². The van der Waals surface area contributed by atoms with Gasteiger partial charge in [-0.2, -0.15) is 0 Å². The number of carbonyl (C=O) groups excluding carboxylic acids is 1. The highest BCUT2D eigenvalue weighted by Crippen LogP contribution is 2.13. The summed E-state index contributed by atoms with van der Waals surface area (Å²) < 4.78 is 5.29. The lowest BCUT2D eigenvalue weighted by Gasteiger charge is -2.29. The van der Waals surface area contributed by atoms with Crippen molar-refractivity contribution in [3.05, 3.63) is 16.1 Å². The number of carbonyl (C=O) groups is 1. The maximum absolute atomic E-state index is 11.9. The number of alkyl carbamates (subject to hydrolysis) is 1. The molecular weight excluding hydrogens is 465 g/mol. The number of ether oxygens (including phenoxy) is 1. The molecule has 0 saturated carbocycles. The highest BCUT2D eigenvalue weighted by atomic mass is 127. The zero-order valence-corrected chi connectivity index (χ0v) is 19.9. The van der Waals surface area contributed by atoms with E-state index in [9.17, 15) is 4.79 Å². The lowest BCUT2D eigenvalue weighted by molar-refractivity contribution is 0.0474. The molecule has 26 heavy (non-hydrogen) atoms. The van der Waals surface area contributed by atoms with Gasteiger partial charge >= 0.3 is 6.09 Å². The minimum atomic E-state index is -0.518. The topological polar surface area (TPSA) is 87.6 Å². The number of hydrogen-bond donors (Lipinski definition) is 3. The molecule has 3 N–H and O–H groups in total. The molecule has 1 aromatic rings. The Morgan fingerprint density at radius 1 is 1.27 bits per heavy atom. The Morgan fingerprint density at radius 3 is 2.42 bits per heavy atom. The number of rotatable bonds is 6. The molecule has 0 bridgehead atoms. The Morgan fingerprint density at radius 2 is 1.92 bits per heavy atom. The molecule has 0 aliphatic rings. The molecule has 0 aromatic carbocycles. The Balaban J connectivity index is 0.00000625. The number of thiazole rings is 1. The van der Waals surface area contributed by atoms with Crippen molar-refractivity contribution in [1.29, 1.82) is 0 Å². The summed E-state index contributed by atoms with van der Waals surface area (Å²) in [5.74, 6) is 0.660. The van der Waals surface area contributed by atoms with E-state index in [1.807, 2.05) is 40.8 Å². The summed E-state index contributed by atoms with van der Waals surface area (Å²) in [5.41, 5.74) is -1.01. The number of nitrogens with one attached hydrogen (secondary N) is 3. The van der Waals surface area contributed by atoms with Crippen LogP contribution in [0.2, 0.25) is 0 Å². The van der Waals surface area contributed by atoms with Crippen LogP contribution in [-0.2, 0) is 17.7 Å². The molecule has 1 heterocycles. The summed E-state index contributed by atoms with van der Waals surface area (Å²) in [4.78, 5) is 21.8. The standard InChI is InChI=1S/C17H31N5O2S.HI/c1-8-12-9-19-13(25-12)10-20-14(18-7)21-11-17(5,6)22-15(23)24-16(2,3)4;/h9H,8,10-11H2,1-7H3,(H,22,23)(H2,18,20,21);1H. The molecule has 0 atom stereocenters. The second kappa shape index (κ2) is 10.9. The van der Waals surface area contributed by atoms with Crippen molar-refractivity contribution in [3.8, 4) is 0 Å². The molecule has 0 radical (unpaired) electrons. The van der Waals surface area contributed by atoms with Gasteiger partial charge in [0.1, 0.15) is 10.6 Å². The SMILES string of the molecule is CCc1cnc(CNC(=NC)NCC(C)(C)NC(=O)OC(C)(C)C)s1.I. The summed E-state index contributed by atoms with van der Waals surface area (Å²) >= 11 is 1.69. The highest BCUT2D eigenvalue weighted by Gasteiger charge is 2.24. The lowest BCUT2D eigenvalue weighted by atomic mass is 10.1. The van der Waals surface area contributed by atoms with E-state index in [1.165, 1.54) is 4.88 Å². The van der Waals surface area contributed by atoms with Crippen LogP contribution in [0, 0.1) is 0 Å².